The van der Waals surface area contributed by atoms with Crippen LogP contribution in [0.2, 0.25) is 0 Å². The van der Waals surface area contributed by atoms with Crippen molar-refractivity contribution in [2.75, 3.05) is 39.6 Å². The normalized spacial score (nSPS) is 14.5. The molecule has 0 aliphatic heterocycles. The molecule has 0 aromatic carbocycles. The monoisotopic (exact) mass is 1370 g/mol. The van der Waals surface area contributed by atoms with Crippen LogP contribution >= 0.6 is 15.6 Å². The van der Waals surface area contributed by atoms with Crippen molar-refractivity contribution in [3.05, 3.63) is 0 Å². The molecule has 0 rings (SSSR count). The summed E-state index contributed by atoms with van der Waals surface area (Å²) in [5.74, 6) is 0.887. The third kappa shape index (κ3) is 67.0. The molecule has 4 unspecified atom stereocenters. The first-order valence-electron chi connectivity index (χ1n) is 38.2. The van der Waals surface area contributed by atoms with Crippen molar-refractivity contribution in [1.29, 1.82) is 0 Å². The van der Waals surface area contributed by atoms with Gasteiger partial charge in [0.1, 0.15) is 19.3 Å². The molecule has 0 radical (unpaired) electrons. The van der Waals surface area contributed by atoms with Gasteiger partial charge in [0.2, 0.25) is 0 Å². The number of hydrogen-bond acceptors (Lipinski definition) is 15. The standard InChI is InChI=1S/C74H144O17P2/c1-9-67(8)53-45-37-32-33-41-49-57-74(79)91-70(61-85-72(77)55-47-39-30-25-24-28-36-44-52-66(6)7)63-89-93(82,83)87-59-68(75)58-86-92(80,81)88-62-69(60-84-71(76)54-46-38-29-22-19-18-21-27-35-43-51-65(4)5)90-73(78)56-48-40-31-23-17-15-13-11-10-12-14-16-20-26-34-42-50-64(2)3/h64-70,75H,9-63H2,1-8H3,(H,80,81)(H,82,83)/t67?,68?,69-,70-/m1/s1. The Kier molecular flexibility index (Phi) is 62.2. The predicted octanol–water partition coefficient (Wildman–Crippen LogP) is 21.3. The van der Waals surface area contributed by atoms with E-state index in [1.807, 2.05) is 0 Å². The lowest BCUT2D eigenvalue weighted by atomic mass is 10.00. The van der Waals surface area contributed by atoms with Crippen LogP contribution in [0.1, 0.15) is 370 Å². The van der Waals surface area contributed by atoms with Crippen molar-refractivity contribution in [2.45, 2.75) is 388 Å². The number of carbonyl (C=O) groups is 4. The maximum atomic E-state index is 13.1. The van der Waals surface area contributed by atoms with Gasteiger partial charge in [-0.2, -0.15) is 0 Å². The predicted molar refractivity (Wildman–Crippen MR) is 377 cm³/mol. The summed E-state index contributed by atoms with van der Waals surface area (Å²) in [6, 6.07) is 0. The summed E-state index contributed by atoms with van der Waals surface area (Å²) >= 11 is 0. The molecule has 3 N–H and O–H groups in total. The molecule has 0 saturated carbocycles. The second-order valence-electron chi connectivity index (χ2n) is 28.4. The van der Waals surface area contributed by atoms with Gasteiger partial charge < -0.3 is 33.8 Å². The fourth-order valence-corrected chi connectivity index (χ4v) is 12.7. The smallest absolute Gasteiger partial charge is 0.462 e. The fraction of sp³-hybridized carbons (Fsp3) is 0.946. The number of hydrogen-bond donors (Lipinski definition) is 3. The van der Waals surface area contributed by atoms with Gasteiger partial charge in [0.15, 0.2) is 12.2 Å². The minimum atomic E-state index is -4.96. The van der Waals surface area contributed by atoms with Crippen molar-refractivity contribution in [2.24, 2.45) is 23.7 Å². The van der Waals surface area contributed by atoms with E-state index in [0.717, 1.165) is 114 Å². The Hall–Kier alpha value is -1.94. The lowest BCUT2D eigenvalue weighted by Gasteiger charge is -2.21. The highest BCUT2D eigenvalue weighted by Gasteiger charge is 2.30. The molecule has 552 valence electrons. The van der Waals surface area contributed by atoms with Gasteiger partial charge in [0.25, 0.3) is 0 Å². The molecule has 0 heterocycles. The largest absolute Gasteiger partial charge is 0.472 e. The molecule has 0 spiro atoms. The minimum Gasteiger partial charge on any atom is -0.462 e. The van der Waals surface area contributed by atoms with E-state index in [4.69, 9.17) is 37.0 Å². The third-order valence-corrected chi connectivity index (χ3v) is 19.3. The van der Waals surface area contributed by atoms with Crippen LogP contribution in [0.3, 0.4) is 0 Å². The zero-order valence-electron chi connectivity index (χ0n) is 60.9. The van der Waals surface area contributed by atoms with Crippen LogP contribution in [0.4, 0.5) is 0 Å². The highest BCUT2D eigenvalue weighted by molar-refractivity contribution is 7.47. The Bertz CT molecular complexity index is 1840. The average Bonchev–Trinajstić information content (AvgIpc) is 3.22. The number of esters is 4. The minimum absolute atomic E-state index is 0.102. The van der Waals surface area contributed by atoms with E-state index in [0.29, 0.717) is 25.7 Å². The van der Waals surface area contributed by atoms with E-state index < -0.39 is 97.5 Å². The van der Waals surface area contributed by atoms with E-state index in [9.17, 15) is 43.2 Å². The third-order valence-electron chi connectivity index (χ3n) is 17.4. The molecule has 0 aliphatic rings. The van der Waals surface area contributed by atoms with Crippen molar-refractivity contribution in [1.82, 2.24) is 0 Å². The molecule has 19 heteroatoms. The van der Waals surface area contributed by atoms with Gasteiger partial charge in [-0.3, -0.25) is 37.3 Å². The van der Waals surface area contributed by atoms with Crippen LogP contribution in [0.5, 0.6) is 0 Å². The molecule has 0 bridgehead atoms. The molecular formula is C74H144O17P2. The second-order valence-corrected chi connectivity index (χ2v) is 31.3. The zero-order chi connectivity index (χ0) is 68.9. The van der Waals surface area contributed by atoms with Gasteiger partial charge in [-0.1, -0.05) is 319 Å². The summed E-state index contributed by atoms with van der Waals surface area (Å²) in [6.07, 6.45) is 47.3. The van der Waals surface area contributed by atoms with Gasteiger partial charge in [-0.05, 0) is 49.4 Å². The second kappa shape index (κ2) is 63.5. The molecule has 0 aromatic rings. The molecule has 0 fully saturated rings. The van der Waals surface area contributed by atoms with Gasteiger partial charge in [0, 0.05) is 25.7 Å². The average molecular weight is 1370 g/mol. The van der Waals surface area contributed by atoms with E-state index in [-0.39, 0.29) is 25.7 Å². The highest BCUT2D eigenvalue weighted by Crippen LogP contribution is 2.45. The Balaban J connectivity index is 5.23. The van der Waals surface area contributed by atoms with Gasteiger partial charge in [-0.15, -0.1) is 0 Å². The molecule has 0 saturated heterocycles. The topological polar surface area (TPSA) is 237 Å². The van der Waals surface area contributed by atoms with Gasteiger partial charge >= 0.3 is 39.5 Å². The van der Waals surface area contributed by atoms with E-state index >= 15 is 0 Å². The summed E-state index contributed by atoms with van der Waals surface area (Å²) in [4.78, 5) is 72.7. The number of carbonyl (C=O) groups excluding carboxylic acids is 4. The van der Waals surface area contributed by atoms with Gasteiger partial charge in [-0.25, -0.2) is 9.13 Å². The number of phosphoric acid groups is 2. The van der Waals surface area contributed by atoms with Crippen LogP contribution in [-0.2, 0) is 65.4 Å². The zero-order valence-corrected chi connectivity index (χ0v) is 62.7. The summed E-state index contributed by atoms with van der Waals surface area (Å²) < 4.78 is 68.4. The van der Waals surface area contributed by atoms with Crippen molar-refractivity contribution in [3.8, 4) is 0 Å². The van der Waals surface area contributed by atoms with E-state index in [1.165, 1.54) is 173 Å². The highest BCUT2D eigenvalue weighted by atomic mass is 31.2. The first kappa shape index (κ1) is 91.1. The maximum Gasteiger partial charge on any atom is 0.472 e. The quantitative estimate of drug-likeness (QED) is 0.0222. The first-order valence-corrected chi connectivity index (χ1v) is 41.2. The number of ether oxygens (including phenoxy) is 4. The number of aliphatic hydroxyl groups is 1. The van der Waals surface area contributed by atoms with Gasteiger partial charge in [0.05, 0.1) is 26.4 Å². The summed E-state index contributed by atoms with van der Waals surface area (Å²) in [7, 11) is -9.91. The fourth-order valence-electron chi connectivity index (χ4n) is 11.2. The lowest BCUT2D eigenvalue weighted by Crippen LogP contribution is -2.30. The first-order chi connectivity index (χ1) is 44.6. The summed E-state index contributed by atoms with van der Waals surface area (Å²) in [6.45, 7) is 14.1. The molecular weight excluding hydrogens is 1220 g/mol. The van der Waals surface area contributed by atoms with Crippen LogP contribution in [0.15, 0.2) is 0 Å². The van der Waals surface area contributed by atoms with E-state index in [1.54, 1.807) is 0 Å². The Morgan fingerprint density at radius 1 is 0.301 bits per heavy atom. The number of aliphatic hydroxyl groups excluding tert-OH is 1. The van der Waals surface area contributed by atoms with Crippen LogP contribution in [-0.4, -0.2) is 96.7 Å². The lowest BCUT2D eigenvalue weighted by molar-refractivity contribution is -0.161. The summed E-state index contributed by atoms with van der Waals surface area (Å²) in [5.41, 5.74) is 0. The molecule has 93 heavy (non-hydrogen) atoms. The molecule has 0 aromatic heterocycles. The summed E-state index contributed by atoms with van der Waals surface area (Å²) in [5, 5.41) is 10.6. The molecule has 0 aliphatic carbocycles. The van der Waals surface area contributed by atoms with Crippen molar-refractivity contribution in [3.63, 3.8) is 0 Å². The number of rotatable bonds is 71. The Labute approximate surface area is 568 Å². The van der Waals surface area contributed by atoms with Crippen molar-refractivity contribution >= 4 is 39.5 Å². The molecule has 17 nitrogen and oxygen atoms in total. The van der Waals surface area contributed by atoms with E-state index in [2.05, 4.69) is 55.4 Å². The molecule has 0 amide bonds. The van der Waals surface area contributed by atoms with Crippen LogP contribution in [0.25, 0.3) is 0 Å². The molecule has 6 atom stereocenters. The number of unbranched alkanes of at least 4 members (excludes halogenated alkanes) is 36. The SMILES string of the molecule is CCC(C)CCCCCCCCC(=O)O[C@H](COC(=O)CCCCCCCCCCC(C)C)COP(=O)(O)OCC(O)COP(=O)(O)OC[C@@H](COC(=O)CCCCCCCCCCCCC(C)C)OC(=O)CCCCCCCCCCCCCCCCCCC(C)C. The Morgan fingerprint density at radius 2 is 0.516 bits per heavy atom. The maximum absolute atomic E-state index is 13.1. The van der Waals surface area contributed by atoms with Crippen LogP contribution in [0, 0.1) is 23.7 Å². The number of phosphoric ester groups is 2. The van der Waals surface area contributed by atoms with Crippen LogP contribution < -0.4 is 0 Å². The van der Waals surface area contributed by atoms with Crippen molar-refractivity contribution < 1.29 is 80.2 Å². The Morgan fingerprint density at radius 3 is 0.763 bits per heavy atom.